The summed E-state index contributed by atoms with van der Waals surface area (Å²) >= 11 is 1.27. The summed E-state index contributed by atoms with van der Waals surface area (Å²) < 4.78 is 48.1. The van der Waals surface area contributed by atoms with Gasteiger partial charge in [0.2, 0.25) is 0 Å². The lowest BCUT2D eigenvalue weighted by molar-refractivity contribution is -0.137. The molecule has 0 aliphatic carbocycles. The highest BCUT2D eigenvalue weighted by Crippen LogP contribution is 2.43. The molecule has 0 radical (unpaired) electrons. The van der Waals surface area contributed by atoms with Crippen molar-refractivity contribution in [3.8, 4) is 5.75 Å². The summed E-state index contributed by atoms with van der Waals surface area (Å²) in [5, 5.41) is 6.51. The van der Waals surface area contributed by atoms with Crippen LogP contribution in [-0.2, 0) is 27.8 Å². The van der Waals surface area contributed by atoms with Gasteiger partial charge in [0.15, 0.2) is 5.78 Å². The number of carbonyl (C=O) groups is 2. The van der Waals surface area contributed by atoms with E-state index >= 15 is 0 Å². The fourth-order valence-electron chi connectivity index (χ4n) is 3.90. The van der Waals surface area contributed by atoms with E-state index < -0.39 is 39.8 Å². The maximum absolute atomic E-state index is 14.0. The predicted molar refractivity (Wildman–Crippen MR) is 130 cm³/mol. The fourth-order valence-corrected chi connectivity index (χ4v) is 4.92. The molecule has 1 amide bonds. The number of ether oxygens (including phenoxy) is 1. The molecular weight excluding hydrogens is 477 g/mol. The van der Waals surface area contributed by atoms with Crippen molar-refractivity contribution < 1.29 is 27.5 Å². The smallest absolute Gasteiger partial charge is 0.418 e. The number of hydrogen-bond donors (Lipinski definition) is 2. The Morgan fingerprint density at radius 3 is 2.49 bits per heavy atom. The molecule has 2 aromatic rings. The molecule has 2 aliphatic rings. The van der Waals surface area contributed by atoms with Gasteiger partial charge in [-0.15, -0.1) is 11.8 Å². The van der Waals surface area contributed by atoms with E-state index in [1.807, 2.05) is 36.4 Å². The molecule has 184 valence electrons. The molecule has 0 bridgehead atoms. The lowest BCUT2D eigenvalue weighted by atomic mass is 9.84. The number of halogens is 3. The maximum Gasteiger partial charge on any atom is 0.418 e. The van der Waals surface area contributed by atoms with Crippen LogP contribution >= 0.6 is 11.8 Å². The molecule has 0 saturated carbocycles. The molecular formula is C26H25F3N2O3S. The van der Waals surface area contributed by atoms with E-state index in [2.05, 4.69) is 10.6 Å². The first-order chi connectivity index (χ1) is 16.4. The molecule has 35 heavy (non-hydrogen) atoms. The summed E-state index contributed by atoms with van der Waals surface area (Å²) in [6, 6.07) is 11.2. The van der Waals surface area contributed by atoms with Gasteiger partial charge in [-0.25, -0.2) is 0 Å². The number of anilines is 1. The number of Topliss-reactive ketones (excluding diaryl/α,β-unsaturated/α-hetero) is 1. The number of amides is 1. The van der Waals surface area contributed by atoms with Gasteiger partial charge in [0.1, 0.15) is 12.4 Å². The molecule has 5 nitrogen and oxygen atoms in total. The van der Waals surface area contributed by atoms with Gasteiger partial charge < -0.3 is 15.4 Å². The average Bonchev–Trinajstić information content (AvgIpc) is 3.27. The van der Waals surface area contributed by atoms with Crippen LogP contribution in [-0.4, -0.2) is 23.0 Å². The molecule has 0 saturated heterocycles. The van der Waals surface area contributed by atoms with Crippen LogP contribution in [0.2, 0.25) is 0 Å². The summed E-state index contributed by atoms with van der Waals surface area (Å²) in [4.78, 5) is 25.7. The minimum atomic E-state index is -4.74. The van der Waals surface area contributed by atoms with Crippen molar-refractivity contribution in [2.24, 2.45) is 0 Å². The second-order valence-corrected chi connectivity index (χ2v) is 10.4. The Bertz CT molecular complexity index is 1200. The summed E-state index contributed by atoms with van der Waals surface area (Å²) in [5.74, 6) is -1.11. The Labute approximate surface area is 205 Å². The minimum absolute atomic E-state index is 0.142. The molecule has 2 aromatic carbocycles. The van der Waals surface area contributed by atoms with Crippen LogP contribution in [0.1, 0.15) is 37.5 Å². The third-order valence-corrected chi connectivity index (χ3v) is 6.86. The number of nitrogens with one attached hydrogen (secondary N) is 2. The van der Waals surface area contributed by atoms with Crippen LogP contribution in [0.5, 0.6) is 5.75 Å². The van der Waals surface area contributed by atoms with Crippen molar-refractivity contribution in [3.63, 3.8) is 0 Å². The van der Waals surface area contributed by atoms with E-state index in [0.717, 1.165) is 11.6 Å². The summed E-state index contributed by atoms with van der Waals surface area (Å²) in [7, 11) is 0. The molecule has 2 aliphatic heterocycles. The molecule has 9 heteroatoms. The highest BCUT2D eigenvalue weighted by Gasteiger charge is 2.40. The highest BCUT2D eigenvalue weighted by atomic mass is 32.2. The maximum atomic E-state index is 14.0. The van der Waals surface area contributed by atoms with Crippen molar-refractivity contribution in [1.29, 1.82) is 0 Å². The van der Waals surface area contributed by atoms with Crippen molar-refractivity contribution in [3.05, 3.63) is 82.4 Å². The van der Waals surface area contributed by atoms with E-state index in [0.29, 0.717) is 5.56 Å². The monoisotopic (exact) mass is 502 g/mol. The van der Waals surface area contributed by atoms with Crippen LogP contribution in [0.15, 0.2) is 65.7 Å². The normalized spacial score (nSPS) is 19.6. The van der Waals surface area contributed by atoms with Crippen LogP contribution < -0.4 is 15.4 Å². The van der Waals surface area contributed by atoms with Gasteiger partial charge in [-0.05, 0) is 22.5 Å². The third kappa shape index (κ3) is 5.40. The fraction of sp³-hybridized carbons (Fsp3) is 0.308. The summed E-state index contributed by atoms with van der Waals surface area (Å²) in [6.07, 6.45) is -1.67. The van der Waals surface area contributed by atoms with Crippen molar-refractivity contribution in [1.82, 2.24) is 5.32 Å². The van der Waals surface area contributed by atoms with Crippen LogP contribution in [0.4, 0.5) is 18.9 Å². The van der Waals surface area contributed by atoms with Crippen molar-refractivity contribution >= 4 is 29.1 Å². The average molecular weight is 503 g/mol. The molecule has 4 rings (SSSR count). The minimum Gasteiger partial charge on any atom is -0.489 e. The van der Waals surface area contributed by atoms with Gasteiger partial charge in [0.05, 0.1) is 28.1 Å². The zero-order chi connectivity index (χ0) is 25.4. The third-order valence-electron chi connectivity index (χ3n) is 5.74. The Hall–Kier alpha value is -3.20. The number of benzene rings is 2. The Morgan fingerprint density at radius 2 is 1.83 bits per heavy atom. The molecule has 2 N–H and O–H groups in total. The number of rotatable bonds is 5. The second kappa shape index (κ2) is 9.45. The molecule has 0 aromatic heterocycles. The predicted octanol–water partition coefficient (Wildman–Crippen LogP) is 5.57. The summed E-state index contributed by atoms with van der Waals surface area (Å²) in [6.45, 7) is 5.51. The first-order valence-electron chi connectivity index (χ1n) is 11.0. The second-order valence-electron chi connectivity index (χ2n) is 9.37. The van der Waals surface area contributed by atoms with E-state index in [1.54, 1.807) is 26.2 Å². The van der Waals surface area contributed by atoms with Gasteiger partial charge in [0.25, 0.3) is 5.91 Å². The van der Waals surface area contributed by atoms with E-state index in [9.17, 15) is 22.8 Å². The van der Waals surface area contributed by atoms with Crippen LogP contribution in [0.3, 0.4) is 0 Å². The SMILES string of the molecule is CC(C)(C)c1cc(C(F)(F)F)c(NC(=O)C2=CNC3C=CSC3C2=O)cc1OCc1ccccc1. The van der Waals surface area contributed by atoms with Gasteiger partial charge in [0, 0.05) is 17.8 Å². The highest BCUT2D eigenvalue weighted by molar-refractivity contribution is 8.03. The molecule has 0 spiro atoms. The number of thioether (sulfide) groups is 1. The Balaban J connectivity index is 1.69. The molecule has 0 fully saturated rings. The van der Waals surface area contributed by atoms with Gasteiger partial charge in [-0.1, -0.05) is 57.2 Å². The van der Waals surface area contributed by atoms with Gasteiger partial charge >= 0.3 is 6.18 Å². The van der Waals surface area contributed by atoms with Crippen molar-refractivity contribution in [2.75, 3.05) is 5.32 Å². The lowest BCUT2D eigenvalue weighted by Gasteiger charge is -2.27. The summed E-state index contributed by atoms with van der Waals surface area (Å²) in [5.41, 5.74) is -1.16. The van der Waals surface area contributed by atoms with Crippen LogP contribution in [0, 0.1) is 0 Å². The Kier molecular flexibility index (Phi) is 6.73. The number of ketones is 1. The largest absolute Gasteiger partial charge is 0.489 e. The van der Waals surface area contributed by atoms with E-state index in [1.165, 1.54) is 24.0 Å². The topological polar surface area (TPSA) is 67.4 Å². The van der Waals surface area contributed by atoms with Crippen molar-refractivity contribution in [2.45, 2.75) is 50.3 Å². The van der Waals surface area contributed by atoms with Gasteiger partial charge in [-0.3, -0.25) is 9.59 Å². The standard InChI is InChI=1S/C26H25F3N2O3S/c1-25(2,3)18-11-17(26(27,28)29)20(12-21(18)34-14-15-7-5-4-6-8-15)31-24(33)16-13-30-19-9-10-35-23(19)22(16)32/h4-13,19,23,30H,14H2,1-3H3,(H,31,33). The molecule has 2 atom stereocenters. The Morgan fingerprint density at radius 1 is 1.11 bits per heavy atom. The number of fused-ring (bicyclic) bond motifs is 1. The lowest BCUT2D eigenvalue weighted by Crippen LogP contribution is -2.44. The zero-order valence-corrected chi connectivity index (χ0v) is 20.2. The zero-order valence-electron chi connectivity index (χ0n) is 19.4. The first kappa shape index (κ1) is 24.9. The number of carbonyl (C=O) groups excluding carboxylic acids is 2. The molecule has 2 heterocycles. The van der Waals surface area contributed by atoms with E-state index in [-0.39, 0.29) is 24.0 Å². The number of hydrogen-bond acceptors (Lipinski definition) is 5. The van der Waals surface area contributed by atoms with E-state index in [4.69, 9.17) is 4.74 Å². The molecule has 2 unspecified atom stereocenters. The number of alkyl halides is 3. The quantitative estimate of drug-likeness (QED) is 0.523. The van der Waals surface area contributed by atoms with Crippen LogP contribution in [0.25, 0.3) is 0 Å². The first-order valence-corrected chi connectivity index (χ1v) is 12.0. The van der Waals surface area contributed by atoms with Gasteiger partial charge in [-0.2, -0.15) is 13.2 Å².